The summed E-state index contributed by atoms with van der Waals surface area (Å²) >= 11 is 0. The maximum Gasteiger partial charge on any atom is 0.435 e. The Morgan fingerprint density at radius 1 is 1.56 bits per heavy atom. The SMILES string of the molecule is N/C(CCn1nc(C(F)(F)F)cc1C1CC1)=N\O. The lowest BCUT2D eigenvalue weighted by Gasteiger charge is -2.05. The molecular formula is C10H13F3N4O. The van der Waals surface area contributed by atoms with Crippen molar-refractivity contribution in [3.05, 3.63) is 17.5 Å². The molecule has 100 valence electrons. The molecule has 0 aromatic carbocycles. The van der Waals surface area contributed by atoms with Crippen molar-refractivity contribution >= 4 is 5.84 Å². The standard InChI is InChI=1S/C10H13F3N4O/c11-10(12,13)8-5-7(6-1-2-6)17(15-8)4-3-9(14)16-18/h5-6,18H,1-4H2,(H2,14,16). The van der Waals surface area contributed by atoms with Crippen LogP contribution in [0.2, 0.25) is 0 Å². The summed E-state index contributed by atoms with van der Waals surface area (Å²) in [6, 6.07) is 1.09. The molecule has 0 aliphatic heterocycles. The van der Waals surface area contributed by atoms with E-state index in [1.165, 1.54) is 4.68 Å². The highest BCUT2D eigenvalue weighted by atomic mass is 19.4. The number of oxime groups is 1. The number of aryl methyl sites for hydroxylation is 1. The van der Waals surface area contributed by atoms with Crippen LogP contribution in [0.25, 0.3) is 0 Å². The molecule has 0 amide bonds. The predicted molar refractivity (Wildman–Crippen MR) is 57.2 cm³/mol. The third-order valence-electron chi connectivity index (χ3n) is 2.81. The van der Waals surface area contributed by atoms with Gasteiger partial charge in [-0.25, -0.2) is 0 Å². The molecule has 5 nitrogen and oxygen atoms in total. The number of rotatable bonds is 4. The molecule has 0 atom stereocenters. The molecule has 1 saturated carbocycles. The van der Waals surface area contributed by atoms with Crippen LogP contribution in [0.1, 0.15) is 36.6 Å². The van der Waals surface area contributed by atoms with Crippen LogP contribution in [0.15, 0.2) is 11.2 Å². The van der Waals surface area contributed by atoms with E-state index in [-0.39, 0.29) is 24.7 Å². The van der Waals surface area contributed by atoms with Crippen molar-refractivity contribution in [2.75, 3.05) is 0 Å². The number of nitrogens with two attached hydrogens (primary N) is 1. The quantitative estimate of drug-likeness (QED) is 0.376. The van der Waals surface area contributed by atoms with Crippen molar-refractivity contribution in [1.82, 2.24) is 9.78 Å². The number of nitrogens with zero attached hydrogens (tertiary/aromatic N) is 3. The normalized spacial score (nSPS) is 17.2. The van der Waals surface area contributed by atoms with Gasteiger partial charge in [-0.3, -0.25) is 4.68 Å². The van der Waals surface area contributed by atoms with E-state index in [4.69, 9.17) is 10.9 Å². The van der Waals surface area contributed by atoms with Crippen LogP contribution >= 0.6 is 0 Å². The maximum atomic E-state index is 12.6. The molecule has 0 spiro atoms. The molecule has 18 heavy (non-hydrogen) atoms. The second-order valence-electron chi connectivity index (χ2n) is 4.29. The largest absolute Gasteiger partial charge is 0.435 e. The number of alkyl halides is 3. The molecule has 0 radical (unpaired) electrons. The van der Waals surface area contributed by atoms with Crippen LogP contribution in [0.4, 0.5) is 13.2 Å². The second kappa shape index (κ2) is 4.51. The third-order valence-corrected chi connectivity index (χ3v) is 2.81. The Kier molecular flexibility index (Phi) is 3.18. The van der Waals surface area contributed by atoms with Gasteiger partial charge < -0.3 is 10.9 Å². The molecule has 1 fully saturated rings. The second-order valence-corrected chi connectivity index (χ2v) is 4.29. The molecule has 1 heterocycles. The number of hydrogen-bond donors (Lipinski definition) is 2. The van der Waals surface area contributed by atoms with Gasteiger partial charge >= 0.3 is 6.18 Å². The average molecular weight is 262 g/mol. The zero-order valence-electron chi connectivity index (χ0n) is 9.48. The molecule has 1 aliphatic rings. The van der Waals surface area contributed by atoms with Crippen LogP contribution < -0.4 is 5.73 Å². The highest BCUT2D eigenvalue weighted by Crippen LogP contribution is 2.42. The maximum absolute atomic E-state index is 12.6. The summed E-state index contributed by atoms with van der Waals surface area (Å²) in [4.78, 5) is 0. The Morgan fingerprint density at radius 2 is 2.22 bits per heavy atom. The Balaban J connectivity index is 2.19. The van der Waals surface area contributed by atoms with Crippen molar-refractivity contribution in [2.45, 2.75) is 37.9 Å². The molecule has 1 aromatic rings. The Morgan fingerprint density at radius 3 is 2.72 bits per heavy atom. The third kappa shape index (κ3) is 2.74. The van der Waals surface area contributed by atoms with E-state index in [0.717, 1.165) is 18.9 Å². The van der Waals surface area contributed by atoms with E-state index < -0.39 is 11.9 Å². The average Bonchev–Trinajstić information content (AvgIpc) is 3.04. The summed E-state index contributed by atoms with van der Waals surface area (Å²) in [7, 11) is 0. The molecule has 0 saturated heterocycles. The number of amidine groups is 1. The van der Waals surface area contributed by atoms with E-state index in [1.807, 2.05) is 0 Å². The smallest absolute Gasteiger partial charge is 0.409 e. The first-order chi connectivity index (χ1) is 8.41. The Labute approximate surface area is 101 Å². The van der Waals surface area contributed by atoms with E-state index in [1.54, 1.807) is 0 Å². The first kappa shape index (κ1) is 12.7. The zero-order valence-corrected chi connectivity index (χ0v) is 9.48. The van der Waals surface area contributed by atoms with Crippen molar-refractivity contribution in [3.63, 3.8) is 0 Å². The van der Waals surface area contributed by atoms with Gasteiger partial charge in [-0.05, 0) is 18.9 Å². The van der Waals surface area contributed by atoms with Gasteiger partial charge in [0, 0.05) is 24.6 Å². The van der Waals surface area contributed by atoms with E-state index in [0.29, 0.717) is 5.69 Å². The zero-order chi connectivity index (χ0) is 13.3. The summed E-state index contributed by atoms with van der Waals surface area (Å²) in [6.07, 6.45) is -2.51. The van der Waals surface area contributed by atoms with Crippen molar-refractivity contribution in [2.24, 2.45) is 10.9 Å². The molecule has 3 N–H and O–H groups in total. The minimum absolute atomic E-state index is 0.0270. The van der Waals surface area contributed by atoms with Crippen LogP contribution in [0, 0.1) is 0 Å². The lowest BCUT2D eigenvalue weighted by atomic mass is 10.2. The van der Waals surface area contributed by atoms with Gasteiger partial charge in [0.1, 0.15) is 5.84 Å². The lowest BCUT2D eigenvalue weighted by Crippen LogP contribution is -2.16. The van der Waals surface area contributed by atoms with E-state index in [9.17, 15) is 13.2 Å². The fourth-order valence-electron chi connectivity index (χ4n) is 1.73. The monoisotopic (exact) mass is 262 g/mol. The van der Waals surface area contributed by atoms with Crippen LogP contribution in [-0.2, 0) is 12.7 Å². The summed E-state index contributed by atoms with van der Waals surface area (Å²) in [5, 5.41) is 14.7. The molecule has 0 unspecified atom stereocenters. The van der Waals surface area contributed by atoms with Crippen LogP contribution in [0.5, 0.6) is 0 Å². The topological polar surface area (TPSA) is 76.4 Å². The highest BCUT2D eigenvalue weighted by molar-refractivity contribution is 5.79. The van der Waals surface area contributed by atoms with Gasteiger partial charge in [0.05, 0.1) is 0 Å². The van der Waals surface area contributed by atoms with Crippen LogP contribution in [-0.4, -0.2) is 20.8 Å². The fourth-order valence-corrected chi connectivity index (χ4v) is 1.73. The van der Waals surface area contributed by atoms with Gasteiger partial charge in [-0.1, -0.05) is 5.16 Å². The van der Waals surface area contributed by atoms with Gasteiger partial charge in [0.2, 0.25) is 0 Å². The fraction of sp³-hybridized carbons (Fsp3) is 0.600. The minimum atomic E-state index is -4.44. The van der Waals surface area contributed by atoms with E-state index >= 15 is 0 Å². The predicted octanol–water partition coefficient (Wildman–Crippen LogP) is 1.92. The number of hydrogen-bond acceptors (Lipinski definition) is 3. The summed E-state index contributed by atoms with van der Waals surface area (Å²) < 4.78 is 39.0. The summed E-state index contributed by atoms with van der Waals surface area (Å²) in [5.41, 5.74) is 4.98. The highest BCUT2D eigenvalue weighted by Gasteiger charge is 2.37. The summed E-state index contributed by atoms with van der Waals surface area (Å²) in [5.74, 6) is 0.127. The van der Waals surface area contributed by atoms with Gasteiger partial charge in [0.15, 0.2) is 5.69 Å². The van der Waals surface area contributed by atoms with Gasteiger partial charge in [-0.2, -0.15) is 18.3 Å². The first-order valence-electron chi connectivity index (χ1n) is 5.53. The Hall–Kier alpha value is -1.73. The lowest BCUT2D eigenvalue weighted by molar-refractivity contribution is -0.141. The first-order valence-corrected chi connectivity index (χ1v) is 5.53. The molecule has 8 heteroatoms. The minimum Gasteiger partial charge on any atom is -0.409 e. The van der Waals surface area contributed by atoms with Gasteiger partial charge in [0.25, 0.3) is 0 Å². The Bertz CT molecular complexity index is 462. The molecule has 1 aromatic heterocycles. The van der Waals surface area contributed by atoms with Gasteiger partial charge in [-0.15, -0.1) is 0 Å². The van der Waals surface area contributed by atoms with Crippen LogP contribution in [0.3, 0.4) is 0 Å². The summed E-state index contributed by atoms with van der Waals surface area (Å²) in [6.45, 7) is 0.178. The van der Waals surface area contributed by atoms with Crippen molar-refractivity contribution in [1.29, 1.82) is 0 Å². The molecular weight excluding hydrogens is 249 g/mol. The number of aromatic nitrogens is 2. The molecule has 1 aliphatic carbocycles. The van der Waals surface area contributed by atoms with E-state index in [2.05, 4.69) is 10.3 Å². The van der Waals surface area contributed by atoms with Crippen molar-refractivity contribution < 1.29 is 18.4 Å². The van der Waals surface area contributed by atoms with Crippen molar-refractivity contribution in [3.8, 4) is 0 Å². The number of halogens is 3. The molecule has 2 rings (SSSR count). The molecule has 0 bridgehead atoms.